The van der Waals surface area contributed by atoms with Crippen LogP contribution in [0, 0.1) is 13.8 Å². The van der Waals surface area contributed by atoms with Gasteiger partial charge in [-0.25, -0.2) is 0 Å². The van der Waals surface area contributed by atoms with Crippen molar-refractivity contribution in [3.8, 4) is 0 Å². The van der Waals surface area contributed by atoms with Crippen LogP contribution in [0.3, 0.4) is 0 Å². The molecule has 0 saturated carbocycles. The second kappa shape index (κ2) is 7.36. The van der Waals surface area contributed by atoms with E-state index < -0.39 is 0 Å². The first kappa shape index (κ1) is 17.0. The monoisotopic (exact) mass is 351 g/mol. The van der Waals surface area contributed by atoms with Crippen LogP contribution < -0.4 is 10.6 Å². The second-order valence-electron chi connectivity index (χ2n) is 5.93. The molecule has 0 aliphatic rings. The van der Waals surface area contributed by atoms with E-state index in [2.05, 4.69) is 21.7 Å². The van der Waals surface area contributed by atoms with Crippen molar-refractivity contribution in [2.75, 3.05) is 10.6 Å². The number of pyridine rings is 1. The van der Waals surface area contributed by atoms with Crippen LogP contribution in [-0.4, -0.2) is 10.9 Å². The average molecular weight is 352 g/mol. The summed E-state index contributed by atoms with van der Waals surface area (Å²) in [6.07, 6.45) is 3.22. The van der Waals surface area contributed by atoms with E-state index in [0.29, 0.717) is 16.3 Å². The van der Waals surface area contributed by atoms with Gasteiger partial charge in [0.2, 0.25) is 0 Å². The van der Waals surface area contributed by atoms with Crippen molar-refractivity contribution in [2.24, 2.45) is 0 Å². The Morgan fingerprint density at radius 1 is 0.920 bits per heavy atom. The van der Waals surface area contributed by atoms with Gasteiger partial charge in [-0.15, -0.1) is 0 Å². The van der Waals surface area contributed by atoms with Crippen molar-refractivity contribution in [1.29, 1.82) is 0 Å². The van der Waals surface area contributed by atoms with Crippen LogP contribution in [-0.2, 0) is 0 Å². The molecule has 126 valence electrons. The van der Waals surface area contributed by atoms with E-state index in [1.807, 2.05) is 26.0 Å². The lowest BCUT2D eigenvalue weighted by atomic mass is 10.1. The molecule has 5 heteroatoms. The molecule has 0 atom stereocenters. The molecule has 3 rings (SSSR count). The molecule has 25 heavy (non-hydrogen) atoms. The summed E-state index contributed by atoms with van der Waals surface area (Å²) in [5, 5.41) is 6.68. The number of carbonyl (C=O) groups is 1. The first-order chi connectivity index (χ1) is 12.0. The van der Waals surface area contributed by atoms with Gasteiger partial charge >= 0.3 is 0 Å². The van der Waals surface area contributed by atoms with E-state index >= 15 is 0 Å². The fourth-order valence-electron chi connectivity index (χ4n) is 2.62. The zero-order valence-electron chi connectivity index (χ0n) is 14.0. The predicted molar refractivity (Wildman–Crippen MR) is 103 cm³/mol. The summed E-state index contributed by atoms with van der Waals surface area (Å²) in [7, 11) is 0. The lowest BCUT2D eigenvalue weighted by Gasteiger charge is -2.10. The van der Waals surface area contributed by atoms with Crippen LogP contribution in [0.5, 0.6) is 0 Å². The largest absolute Gasteiger partial charge is 0.354 e. The van der Waals surface area contributed by atoms with Gasteiger partial charge in [0.1, 0.15) is 0 Å². The van der Waals surface area contributed by atoms with E-state index in [4.69, 9.17) is 11.6 Å². The maximum Gasteiger partial charge on any atom is 0.257 e. The standard InChI is InChI=1S/C20H18ClN3O/c1-13-6-14(2)8-18(7-13)23-19-9-15(11-22-12-19)20(25)24-17-5-3-4-16(21)10-17/h3-12,23H,1-2H3,(H,24,25). The van der Waals surface area contributed by atoms with E-state index in [0.717, 1.165) is 11.4 Å². The lowest BCUT2D eigenvalue weighted by Crippen LogP contribution is -2.12. The minimum absolute atomic E-state index is 0.237. The molecule has 0 spiro atoms. The van der Waals surface area contributed by atoms with Gasteiger partial charge < -0.3 is 10.6 Å². The van der Waals surface area contributed by atoms with Crippen molar-refractivity contribution in [3.63, 3.8) is 0 Å². The number of nitrogens with zero attached hydrogens (tertiary/aromatic N) is 1. The molecule has 3 aromatic rings. The first-order valence-electron chi connectivity index (χ1n) is 7.87. The molecule has 2 N–H and O–H groups in total. The molecule has 0 saturated heterocycles. The number of rotatable bonds is 4. The van der Waals surface area contributed by atoms with Gasteiger partial charge in [0.15, 0.2) is 0 Å². The Bertz CT molecular complexity index is 904. The Morgan fingerprint density at radius 3 is 2.40 bits per heavy atom. The Balaban J connectivity index is 1.77. The quantitative estimate of drug-likeness (QED) is 0.666. The first-order valence-corrected chi connectivity index (χ1v) is 8.25. The molecule has 2 aromatic carbocycles. The summed E-state index contributed by atoms with van der Waals surface area (Å²) in [6.45, 7) is 4.09. The molecule has 1 heterocycles. The Kier molecular flexibility index (Phi) is 5.00. The highest BCUT2D eigenvalue weighted by molar-refractivity contribution is 6.31. The topological polar surface area (TPSA) is 54.0 Å². The normalized spacial score (nSPS) is 10.4. The van der Waals surface area contributed by atoms with E-state index in [1.54, 1.807) is 36.5 Å². The molecule has 0 aliphatic carbocycles. The smallest absolute Gasteiger partial charge is 0.257 e. The van der Waals surface area contributed by atoms with Crippen LogP contribution in [0.1, 0.15) is 21.5 Å². The van der Waals surface area contributed by atoms with Crippen molar-refractivity contribution in [1.82, 2.24) is 4.98 Å². The Hall–Kier alpha value is -2.85. The number of anilines is 3. The number of amides is 1. The van der Waals surface area contributed by atoms with Crippen LogP contribution in [0.4, 0.5) is 17.1 Å². The van der Waals surface area contributed by atoms with Crippen LogP contribution >= 0.6 is 11.6 Å². The van der Waals surface area contributed by atoms with E-state index in [9.17, 15) is 4.79 Å². The summed E-state index contributed by atoms with van der Waals surface area (Å²) < 4.78 is 0. The van der Waals surface area contributed by atoms with Gasteiger partial charge in [0.25, 0.3) is 5.91 Å². The summed E-state index contributed by atoms with van der Waals surface area (Å²) in [5.74, 6) is -0.237. The summed E-state index contributed by atoms with van der Waals surface area (Å²) in [5.41, 5.74) is 5.17. The number of nitrogens with one attached hydrogen (secondary N) is 2. The maximum atomic E-state index is 12.4. The maximum absolute atomic E-state index is 12.4. The Morgan fingerprint density at radius 2 is 1.68 bits per heavy atom. The number of aryl methyl sites for hydroxylation is 2. The molecule has 0 bridgehead atoms. The lowest BCUT2D eigenvalue weighted by molar-refractivity contribution is 0.102. The SMILES string of the molecule is Cc1cc(C)cc(Nc2cncc(C(=O)Nc3cccc(Cl)c3)c2)c1. The van der Waals surface area contributed by atoms with Crippen molar-refractivity contribution >= 4 is 34.6 Å². The minimum atomic E-state index is -0.237. The van der Waals surface area contributed by atoms with Gasteiger partial charge in [0.05, 0.1) is 17.4 Å². The van der Waals surface area contributed by atoms with Gasteiger partial charge in [-0.2, -0.15) is 0 Å². The van der Waals surface area contributed by atoms with Crippen LogP contribution in [0.15, 0.2) is 60.9 Å². The second-order valence-corrected chi connectivity index (χ2v) is 6.36. The molecule has 0 fully saturated rings. The van der Waals surface area contributed by atoms with E-state index in [-0.39, 0.29) is 5.91 Å². The number of carbonyl (C=O) groups excluding carboxylic acids is 1. The summed E-state index contributed by atoms with van der Waals surface area (Å²) in [4.78, 5) is 16.6. The fraction of sp³-hybridized carbons (Fsp3) is 0.100. The predicted octanol–water partition coefficient (Wildman–Crippen LogP) is 5.35. The zero-order chi connectivity index (χ0) is 17.8. The van der Waals surface area contributed by atoms with Gasteiger partial charge in [0, 0.05) is 22.6 Å². The molecule has 0 aliphatic heterocycles. The van der Waals surface area contributed by atoms with Crippen LogP contribution in [0.25, 0.3) is 0 Å². The Labute approximate surface area is 151 Å². The van der Waals surface area contributed by atoms with Crippen LogP contribution in [0.2, 0.25) is 5.02 Å². The third-order valence-electron chi connectivity index (χ3n) is 3.59. The number of hydrogen-bond acceptors (Lipinski definition) is 3. The molecule has 0 radical (unpaired) electrons. The van der Waals surface area contributed by atoms with E-state index in [1.165, 1.54) is 17.3 Å². The molecule has 1 aromatic heterocycles. The zero-order valence-corrected chi connectivity index (χ0v) is 14.8. The number of benzene rings is 2. The summed E-state index contributed by atoms with van der Waals surface area (Å²) >= 11 is 5.94. The van der Waals surface area contributed by atoms with Crippen molar-refractivity contribution in [2.45, 2.75) is 13.8 Å². The fourth-order valence-corrected chi connectivity index (χ4v) is 2.81. The minimum Gasteiger partial charge on any atom is -0.354 e. The van der Waals surface area contributed by atoms with Gasteiger partial charge in [-0.1, -0.05) is 23.7 Å². The summed E-state index contributed by atoms with van der Waals surface area (Å²) in [6, 6.07) is 15.0. The number of hydrogen-bond donors (Lipinski definition) is 2. The number of aromatic nitrogens is 1. The third-order valence-corrected chi connectivity index (χ3v) is 3.83. The van der Waals surface area contributed by atoms with Crippen molar-refractivity contribution in [3.05, 3.63) is 82.6 Å². The molecular weight excluding hydrogens is 334 g/mol. The molecule has 1 amide bonds. The molecule has 4 nitrogen and oxygen atoms in total. The highest BCUT2D eigenvalue weighted by atomic mass is 35.5. The highest BCUT2D eigenvalue weighted by Crippen LogP contribution is 2.21. The van der Waals surface area contributed by atoms with Gasteiger partial charge in [-0.3, -0.25) is 9.78 Å². The van der Waals surface area contributed by atoms with Crippen molar-refractivity contribution < 1.29 is 4.79 Å². The highest BCUT2D eigenvalue weighted by Gasteiger charge is 2.08. The number of halogens is 1. The molecule has 0 unspecified atom stereocenters. The third kappa shape index (κ3) is 4.58. The van der Waals surface area contributed by atoms with Gasteiger partial charge in [-0.05, 0) is 61.4 Å². The average Bonchev–Trinajstić information content (AvgIpc) is 2.54. The molecular formula is C20H18ClN3O.